The van der Waals surface area contributed by atoms with Crippen LogP contribution in [0.25, 0.3) is 0 Å². The molecule has 0 saturated heterocycles. The predicted octanol–water partition coefficient (Wildman–Crippen LogP) is 1.14. The maximum atomic E-state index is 11.8. The highest BCUT2D eigenvalue weighted by molar-refractivity contribution is 5.92. The molecule has 0 aliphatic carbocycles. The van der Waals surface area contributed by atoms with Gasteiger partial charge < -0.3 is 11.1 Å². The van der Waals surface area contributed by atoms with E-state index >= 15 is 0 Å². The van der Waals surface area contributed by atoms with Crippen LogP contribution in [0.1, 0.15) is 15.9 Å². The third-order valence-corrected chi connectivity index (χ3v) is 1.87. The van der Waals surface area contributed by atoms with Gasteiger partial charge in [-0.2, -0.15) is 0 Å². The minimum Gasteiger partial charge on any atom is -0.366 e. The van der Waals surface area contributed by atoms with Crippen LogP contribution >= 0.6 is 0 Å². The molecule has 0 aliphatic rings. The van der Waals surface area contributed by atoms with Gasteiger partial charge in [-0.1, -0.05) is 12.1 Å². The summed E-state index contributed by atoms with van der Waals surface area (Å²) >= 11 is 0. The monoisotopic (exact) mass is 214 g/mol. The molecule has 0 fully saturated rings. The number of primary amides is 1. The van der Waals surface area contributed by atoms with Crippen LogP contribution in [-0.4, -0.2) is 18.9 Å². The second kappa shape index (κ2) is 5.41. The fourth-order valence-electron chi connectivity index (χ4n) is 1.11. The third kappa shape index (κ3) is 4.03. The van der Waals surface area contributed by atoms with Gasteiger partial charge in [0.25, 0.3) is 6.43 Å². The molecule has 5 heteroatoms. The van der Waals surface area contributed by atoms with Crippen LogP contribution in [0.5, 0.6) is 0 Å². The van der Waals surface area contributed by atoms with Crippen molar-refractivity contribution in [3.05, 3.63) is 35.4 Å². The normalized spacial score (nSPS) is 10.6. The Bertz CT molecular complexity index is 325. The molecule has 82 valence electrons. The van der Waals surface area contributed by atoms with E-state index in [9.17, 15) is 13.6 Å². The molecule has 1 rings (SSSR count). The van der Waals surface area contributed by atoms with Crippen LogP contribution in [0.15, 0.2) is 24.3 Å². The lowest BCUT2D eigenvalue weighted by molar-refractivity contribution is 0.1000. The zero-order valence-corrected chi connectivity index (χ0v) is 8.04. The number of carbonyl (C=O) groups excluding carboxylic acids is 1. The highest BCUT2D eigenvalue weighted by Crippen LogP contribution is 2.03. The first-order valence-electron chi connectivity index (χ1n) is 4.47. The number of carbonyl (C=O) groups is 1. The lowest BCUT2D eigenvalue weighted by atomic mass is 10.1. The molecule has 1 amide bonds. The molecule has 0 radical (unpaired) electrons. The number of benzene rings is 1. The van der Waals surface area contributed by atoms with E-state index in [-0.39, 0.29) is 6.54 Å². The number of rotatable bonds is 5. The summed E-state index contributed by atoms with van der Waals surface area (Å²) in [6, 6.07) is 6.50. The first kappa shape index (κ1) is 11.6. The van der Waals surface area contributed by atoms with E-state index in [0.29, 0.717) is 12.1 Å². The highest BCUT2D eigenvalue weighted by Gasteiger charge is 2.02. The number of alkyl halides is 2. The topological polar surface area (TPSA) is 55.1 Å². The van der Waals surface area contributed by atoms with E-state index in [0.717, 1.165) is 5.56 Å². The molecule has 3 N–H and O–H groups in total. The van der Waals surface area contributed by atoms with Gasteiger partial charge in [-0.05, 0) is 17.7 Å². The summed E-state index contributed by atoms with van der Waals surface area (Å²) in [6.45, 7) is 0.0148. The van der Waals surface area contributed by atoms with Crippen molar-refractivity contribution in [1.82, 2.24) is 5.32 Å². The summed E-state index contributed by atoms with van der Waals surface area (Å²) in [5.74, 6) is -0.498. The number of amides is 1. The van der Waals surface area contributed by atoms with Crippen molar-refractivity contribution in [3.8, 4) is 0 Å². The second-order valence-corrected chi connectivity index (χ2v) is 3.08. The Balaban J connectivity index is 2.46. The molecule has 1 aromatic carbocycles. The first-order chi connectivity index (χ1) is 7.09. The average molecular weight is 214 g/mol. The lowest BCUT2D eigenvalue weighted by Crippen LogP contribution is -2.20. The smallest absolute Gasteiger partial charge is 0.250 e. The van der Waals surface area contributed by atoms with Crippen LogP contribution in [-0.2, 0) is 6.54 Å². The van der Waals surface area contributed by atoms with E-state index in [4.69, 9.17) is 5.73 Å². The molecule has 0 aromatic heterocycles. The molecule has 0 unspecified atom stereocenters. The second-order valence-electron chi connectivity index (χ2n) is 3.08. The number of nitrogens with two attached hydrogens (primary N) is 1. The lowest BCUT2D eigenvalue weighted by Gasteiger charge is -2.04. The zero-order valence-electron chi connectivity index (χ0n) is 8.04. The van der Waals surface area contributed by atoms with Crippen LogP contribution in [0.4, 0.5) is 8.78 Å². The summed E-state index contributed by atoms with van der Waals surface area (Å²) in [6.07, 6.45) is -2.35. The summed E-state index contributed by atoms with van der Waals surface area (Å²) in [4.78, 5) is 10.7. The van der Waals surface area contributed by atoms with Crippen LogP contribution in [0.2, 0.25) is 0 Å². The van der Waals surface area contributed by atoms with Crippen LogP contribution < -0.4 is 11.1 Å². The molecule has 0 heterocycles. The van der Waals surface area contributed by atoms with Crippen molar-refractivity contribution in [2.75, 3.05) is 6.54 Å². The Labute approximate surface area is 86.3 Å². The molecule has 0 bridgehead atoms. The number of halogens is 2. The van der Waals surface area contributed by atoms with Gasteiger partial charge in [0.1, 0.15) is 0 Å². The molecular formula is C10H12F2N2O. The Hall–Kier alpha value is -1.49. The van der Waals surface area contributed by atoms with E-state index in [1.54, 1.807) is 24.3 Å². The van der Waals surface area contributed by atoms with Crippen molar-refractivity contribution in [3.63, 3.8) is 0 Å². The molecule has 0 saturated carbocycles. The van der Waals surface area contributed by atoms with Crippen molar-refractivity contribution in [2.24, 2.45) is 5.73 Å². The van der Waals surface area contributed by atoms with Gasteiger partial charge in [-0.25, -0.2) is 8.78 Å². The fraction of sp³-hybridized carbons (Fsp3) is 0.300. The molecule has 3 nitrogen and oxygen atoms in total. The molecule has 0 atom stereocenters. The Morgan fingerprint density at radius 3 is 2.40 bits per heavy atom. The van der Waals surface area contributed by atoms with Crippen molar-refractivity contribution in [2.45, 2.75) is 13.0 Å². The van der Waals surface area contributed by atoms with Gasteiger partial charge in [-0.15, -0.1) is 0 Å². The highest BCUT2D eigenvalue weighted by atomic mass is 19.3. The summed E-state index contributed by atoms with van der Waals surface area (Å²) < 4.78 is 23.6. The number of hydrogen-bond donors (Lipinski definition) is 2. The summed E-state index contributed by atoms with van der Waals surface area (Å²) in [5, 5.41) is 2.58. The Kier molecular flexibility index (Phi) is 4.17. The maximum Gasteiger partial charge on any atom is 0.250 e. The average Bonchev–Trinajstić information content (AvgIpc) is 2.18. The van der Waals surface area contributed by atoms with E-state index in [2.05, 4.69) is 5.32 Å². The van der Waals surface area contributed by atoms with Crippen LogP contribution in [0.3, 0.4) is 0 Å². The maximum absolute atomic E-state index is 11.8. The van der Waals surface area contributed by atoms with Crippen molar-refractivity contribution >= 4 is 5.91 Å². The van der Waals surface area contributed by atoms with E-state index in [1.165, 1.54) is 0 Å². The van der Waals surface area contributed by atoms with Gasteiger partial charge >= 0.3 is 0 Å². The predicted molar refractivity (Wildman–Crippen MR) is 52.7 cm³/mol. The molecular weight excluding hydrogens is 202 g/mol. The Morgan fingerprint density at radius 1 is 1.33 bits per heavy atom. The quantitative estimate of drug-likeness (QED) is 0.772. The Morgan fingerprint density at radius 2 is 1.93 bits per heavy atom. The fourth-order valence-corrected chi connectivity index (χ4v) is 1.11. The molecule has 0 aliphatic heterocycles. The molecule has 1 aromatic rings. The number of nitrogens with one attached hydrogen (secondary N) is 1. The van der Waals surface area contributed by atoms with Gasteiger partial charge in [0.15, 0.2) is 0 Å². The van der Waals surface area contributed by atoms with Gasteiger partial charge in [-0.3, -0.25) is 4.79 Å². The first-order valence-corrected chi connectivity index (χ1v) is 4.47. The standard InChI is InChI=1S/C10H12F2N2O/c11-9(12)6-14-5-7-1-3-8(4-2-7)10(13)15/h1-4,9,14H,5-6H2,(H2,13,15). The van der Waals surface area contributed by atoms with Crippen molar-refractivity contribution < 1.29 is 13.6 Å². The minimum atomic E-state index is -2.35. The third-order valence-electron chi connectivity index (χ3n) is 1.87. The van der Waals surface area contributed by atoms with Gasteiger partial charge in [0.2, 0.25) is 5.91 Å². The van der Waals surface area contributed by atoms with Crippen molar-refractivity contribution in [1.29, 1.82) is 0 Å². The minimum absolute atomic E-state index is 0.336. The summed E-state index contributed by atoms with van der Waals surface area (Å²) in [5.41, 5.74) is 6.29. The zero-order chi connectivity index (χ0) is 11.3. The van der Waals surface area contributed by atoms with E-state index in [1.807, 2.05) is 0 Å². The van der Waals surface area contributed by atoms with Gasteiger partial charge in [0, 0.05) is 12.1 Å². The number of hydrogen-bond acceptors (Lipinski definition) is 2. The summed E-state index contributed by atoms with van der Waals surface area (Å²) in [7, 11) is 0. The SMILES string of the molecule is NC(=O)c1ccc(CNCC(F)F)cc1. The van der Waals surface area contributed by atoms with Gasteiger partial charge in [0.05, 0.1) is 6.54 Å². The largest absolute Gasteiger partial charge is 0.366 e. The van der Waals surface area contributed by atoms with Crippen LogP contribution in [0, 0.1) is 0 Å². The molecule has 0 spiro atoms. The molecule has 15 heavy (non-hydrogen) atoms. The van der Waals surface area contributed by atoms with E-state index < -0.39 is 12.3 Å².